The molecule has 12 heteroatoms. The highest BCUT2D eigenvalue weighted by atomic mass is 19.1. The molecule has 4 heterocycles. The van der Waals surface area contributed by atoms with Crippen molar-refractivity contribution in [3.63, 3.8) is 0 Å². The maximum Gasteiger partial charge on any atom is 0.410 e. The first-order valence-electron chi connectivity index (χ1n) is 14.8. The number of morpholine rings is 1. The zero-order valence-corrected chi connectivity index (χ0v) is 25.2. The quantitative estimate of drug-likeness (QED) is 0.534. The van der Waals surface area contributed by atoms with Crippen molar-refractivity contribution in [2.45, 2.75) is 78.2 Å². The van der Waals surface area contributed by atoms with E-state index in [-0.39, 0.29) is 17.8 Å². The van der Waals surface area contributed by atoms with Gasteiger partial charge >= 0.3 is 12.1 Å². The number of amides is 3. The van der Waals surface area contributed by atoms with Gasteiger partial charge in [-0.1, -0.05) is 0 Å². The molecule has 2 saturated heterocycles. The highest BCUT2D eigenvalue weighted by Crippen LogP contribution is 2.36. The SMILES string of the molecule is CCNC(=O)Nc1ccc(-c2nc3c(c(N4CCOC[C@@H]4C)n2)CN(C2CCN(C(=O)OC(C)(C)C)CC2)C3)cc1F. The molecule has 5 rings (SSSR count). The minimum absolute atomic E-state index is 0.0942. The van der Waals surface area contributed by atoms with Crippen LogP contribution in [0, 0.1) is 5.82 Å². The predicted octanol–water partition coefficient (Wildman–Crippen LogP) is 4.36. The van der Waals surface area contributed by atoms with E-state index in [1.165, 1.54) is 12.1 Å². The maximum atomic E-state index is 15.0. The van der Waals surface area contributed by atoms with E-state index in [1.807, 2.05) is 20.8 Å². The molecule has 2 fully saturated rings. The molecule has 0 saturated carbocycles. The molecule has 3 amide bonds. The zero-order chi connectivity index (χ0) is 30.0. The second kappa shape index (κ2) is 12.4. The van der Waals surface area contributed by atoms with Crippen molar-refractivity contribution in [1.82, 2.24) is 25.1 Å². The third-order valence-corrected chi connectivity index (χ3v) is 7.87. The molecule has 1 atom stereocenters. The number of rotatable bonds is 5. The van der Waals surface area contributed by atoms with E-state index in [9.17, 15) is 9.59 Å². The number of anilines is 2. The molecule has 2 N–H and O–H groups in total. The van der Waals surface area contributed by atoms with Gasteiger partial charge in [0.2, 0.25) is 0 Å². The van der Waals surface area contributed by atoms with Gasteiger partial charge in [-0.2, -0.15) is 0 Å². The van der Waals surface area contributed by atoms with Crippen LogP contribution in [0.2, 0.25) is 0 Å². The van der Waals surface area contributed by atoms with Crippen LogP contribution in [-0.4, -0.2) is 89.0 Å². The summed E-state index contributed by atoms with van der Waals surface area (Å²) in [5.74, 6) is 0.763. The van der Waals surface area contributed by atoms with Gasteiger partial charge in [-0.05, 0) is 65.7 Å². The zero-order valence-electron chi connectivity index (χ0n) is 25.2. The Morgan fingerprint density at radius 2 is 1.90 bits per heavy atom. The van der Waals surface area contributed by atoms with Gasteiger partial charge in [-0.15, -0.1) is 0 Å². The number of aromatic nitrogens is 2. The molecule has 42 heavy (non-hydrogen) atoms. The summed E-state index contributed by atoms with van der Waals surface area (Å²) in [4.78, 5) is 40.9. The Morgan fingerprint density at radius 3 is 2.57 bits per heavy atom. The van der Waals surface area contributed by atoms with Crippen LogP contribution in [-0.2, 0) is 22.6 Å². The second-order valence-electron chi connectivity index (χ2n) is 12.2. The van der Waals surface area contributed by atoms with Gasteiger partial charge in [0, 0.05) is 56.4 Å². The molecule has 0 unspecified atom stereocenters. The summed E-state index contributed by atoms with van der Waals surface area (Å²) in [6, 6.07) is 4.62. The van der Waals surface area contributed by atoms with Crippen LogP contribution in [0.3, 0.4) is 0 Å². The molecule has 0 bridgehead atoms. The largest absolute Gasteiger partial charge is 0.444 e. The standard InChI is InChI=1S/C30H42FN7O4/c1-6-32-28(39)34-24-8-7-20(15-23(24)31)26-33-25-17-37(16-22(25)27(35-26)38-13-14-41-18-19(38)2)21-9-11-36(12-10-21)29(40)42-30(3,4)5/h7-8,15,19,21H,6,9-14,16-18H2,1-5H3,(H2,32,34,39)/t19-/m0/s1. The van der Waals surface area contributed by atoms with Gasteiger partial charge in [0.25, 0.3) is 0 Å². The Hall–Kier alpha value is -3.51. The van der Waals surface area contributed by atoms with E-state index in [4.69, 9.17) is 19.4 Å². The number of nitrogens with zero attached hydrogens (tertiary/aromatic N) is 5. The molecular weight excluding hydrogens is 541 g/mol. The molecule has 228 valence electrons. The topological polar surface area (TPSA) is 112 Å². The van der Waals surface area contributed by atoms with Gasteiger partial charge in [0.15, 0.2) is 5.82 Å². The summed E-state index contributed by atoms with van der Waals surface area (Å²) in [7, 11) is 0. The van der Waals surface area contributed by atoms with Gasteiger partial charge in [-0.25, -0.2) is 23.9 Å². The molecule has 3 aliphatic heterocycles. The lowest BCUT2D eigenvalue weighted by molar-refractivity contribution is 0.0139. The lowest BCUT2D eigenvalue weighted by atomic mass is 10.0. The van der Waals surface area contributed by atoms with Crippen LogP contribution in [0.4, 0.5) is 25.5 Å². The fraction of sp³-hybridized carbons (Fsp3) is 0.600. The molecule has 0 aliphatic carbocycles. The fourth-order valence-corrected chi connectivity index (χ4v) is 5.75. The van der Waals surface area contributed by atoms with Crippen LogP contribution in [0.1, 0.15) is 58.7 Å². The Balaban J connectivity index is 1.37. The molecule has 0 radical (unpaired) electrons. The number of halogens is 1. The first-order valence-corrected chi connectivity index (χ1v) is 14.8. The van der Waals surface area contributed by atoms with Crippen LogP contribution in [0.5, 0.6) is 0 Å². The summed E-state index contributed by atoms with van der Waals surface area (Å²) >= 11 is 0. The molecule has 2 aromatic rings. The summed E-state index contributed by atoms with van der Waals surface area (Å²) in [5.41, 5.74) is 2.15. The van der Waals surface area contributed by atoms with Crippen molar-refractivity contribution in [3.05, 3.63) is 35.3 Å². The number of carbonyl (C=O) groups is 2. The predicted molar refractivity (Wildman–Crippen MR) is 158 cm³/mol. The van der Waals surface area contributed by atoms with Crippen LogP contribution < -0.4 is 15.5 Å². The smallest absolute Gasteiger partial charge is 0.410 e. The highest BCUT2D eigenvalue weighted by molar-refractivity contribution is 5.89. The van der Waals surface area contributed by atoms with E-state index in [0.717, 1.165) is 36.5 Å². The normalized spacial score (nSPS) is 19.9. The van der Waals surface area contributed by atoms with Gasteiger partial charge < -0.3 is 29.9 Å². The van der Waals surface area contributed by atoms with Crippen molar-refractivity contribution >= 4 is 23.6 Å². The van der Waals surface area contributed by atoms with E-state index in [2.05, 4.69) is 27.4 Å². The first-order chi connectivity index (χ1) is 20.0. The maximum absolute atomic E-state index is 15.0. The number of nitrogens with one attached hydrogen (secondary N) is 2. The minimum atomic E-state index is -0.553. The van der Waals surface area contributed by atoms with E-state index < -0.39 is 17.4 Å². The summed E-state index contributed by atoms with van der Waals surface area (Å²) in [5, 5.41) is 5.14. The third kappa shape index (κ3) is 6.75. The monoisotopic (exact) mass is 583 g/mol. The number of piperidine rings is 1. The van der Waals surface area contributed by atoms with E-state index in [1.54, 1.807) is 17.9 Å². The van der Waals surface area contributed by atoms with Crippen LogP contribution in [0.25, 0.3) is 11.4 Å². The molecule has 3 aliphatic rings. The number of benzene rings is 1. The lowest BCUT2D eigenvalue weighted by Crippen LogP contribution is -2.47. The minimum Gasteiger partial charge on any atom is -0.444 e. The number of hydrogen-bond donors (Lipinski definition) is 2. The molecule has 0 spiro atoms. The van der Waals surface area contributed by atoms with Crippen molar-refractivity contribution in [3.8, 4) is 11.4 Å². The number of fused-ring (bicyclic) bond motifs is 1. The molecule has 1 aromatic carbocycles. The van der Waals surface area contributed by atoms with E-state index in [0.29, 0.717) is 63.4 Å². The van der Waals surface area contributed by atoms with E-state index >= 15 is 4.39 Å². The first kappa shape index (κ1) is 30.0. The molecular formula is C30H42FN7O4. The molecule has 11 nitrogen and oxygen atoms in total. The Kier molecular flexibility index (Phi) is 8.84. The third-order valence-electron chi connectivity index (χ3n) is 7.87. The summed E-state index contributed by atoms with van der Waals surface area (Å²) < 4.78 is 26.3. The number of likely N-dealkylation sites (tertiary alicyclic amines) is 1. The van der Waals surface area contributed by atoms with Gasteiger partial charge in [-0.3, -0.25) is 4.90 Å². The summed E-state index contributed by atoms with van der Waals surface area (Å²) in [6.45, 7) is 14.6. The number of carbonyl (C=O) groups excluding carboxylic acids is 2. The van der Waals surface area contributed by atoms with Crippen molar-refractivity contribution < 1.29 is 23.5 Å². The van der Waals surface area contributed by atoms with Crippen molar-refractivity contribution in [2.75, 3.05) is 49.6 Å². The Labute approximate surface area is 246 Å². The Morgan fingerprint density at radius 1 is 1.14 bits per heavy atom. The summed E-state index contributed by atoms with van der Waals surface area (Å²) in [6.07, 6.45) is 1.44. The van der Waals surface area contributed by atoms with Gasteiger partial charge in [0.1, 0.15) is 17.2 Å². The highest BCUT2D eigenvalue weighted by Gasteiger charge is 2.36. The van der Waals surface area contributed by atoms with Crippen molar-refractivity contribution in [2.24, 2.45) is 0 Å². The van der Waals surface area contributed by atoms with Crippen molar-refractivity contribution in [1.29, 1.82) is 0 Å². The Bertz CT molecular complexity index is 1310. The molecule has 1 aromatic heterocycles. The average molecular weight is 584 g/mol. The number of urea groups is 1. The van der Waals surface area contributed by atoms with Crippen LogP contribution >= 0.6 is 0 Å². The lowest BCUT2D eigenvalue weighted by Gasteiger charge is -2.37. The van der Waals surface area contributed by atoms with Gasteiger partial charge in [0.05, 0.1) is 30.6 Å². The fourth-order valence-electron chi connectivity index (χ4n) is 5.75. The number of hydrogen-bond acceptors (Lipinski definition) is 8. The van der Waals surface area contributed by atoms with Crippen LogP contribution in [0.15, 0.2) is 18.2 Å². The number of ether oxygens (including phenoxy) is 2. The second-order valence-corrected chi connectivity index (χ2v) is 12.2. The average Bonchev–Trinajstić information content (AvgIpc) is 3.38.